The zero-order valence-corrected chi connectivity index (χ0v) is 9.97. The van der Waals surface area contributed by atoms with Crippen molar-refractivity contribution in [2.75, 3.05) is 0 Å². The number of halogens is 3. The van der Waals surface area contributed by atoms with Gasteiger partial charge in [-0.3, -0.25) is 0 Å². The Morgan fingerprint density at radius 3 is 2.58 bits per heavy atom. The molecule has 5 heteroatoms. The summed E-state index contributed by atoms with van der Waals surface area (Å²) in [5.74, 6) is -1.47. The first-order valence-electron chi connectivity index (χ1n) is 5.66. The summed E-state index contributed by atoms with van der Waals surface area (Å²) in [5.41, 5.74) is 1.48. The van der Waals surface area contributed by atoms with Gasteiger partial charge in [0, 0.05) is 6.07 Å². The molecule has 1 N–H and O–H groups in total. The third-order valence-electron chi connectivity index (χ3n) is 2.95. The number of aromatic amines is 1. The van der Waals surface area contributed by atoms with E-state index in [2.05, 4.69) is 9.97 Å². The lowest BCUT2D eigenvalue weighted by Crippen LogP contribution is -1.91. The lowest BCUT2D eigenvalue weighted by Gasteiger charge is -2.02. The van der Waals surface area contributed by atoms with Gasteiger partial charge in [0.05, 0.1) is 16.6 Å². The Morgan fingerprint density at radius 1 is 1.00 bits per heavy atom. The number of imidazole rings is 1. The van der Waals surface area contributed by atoms with Crippen LogP contribution in [-0.4, -0.2) is 9.97 Å². The van der Waals surface area contributed by atoms with Crippen LogP contribution >= 0.6 is 0 Å². The van der Waals surface area contributed by atoms with Crippen molar-refractivity contribution in [1.82, 2.24) is 9.97 Å². The van der Waals surface area contributed by atoms with Gasteiger partial charge in [-0.25, -0.2) is 18.2 Å². The first kappa shape index (κ1) is 11.8. The number of hydrogen-bond acceptors (Lipinski definition) is 1. The molecule has 1 aromatic heterocycles. The van der Waals surface area contributed by atoms with Gasteiger partial charge >= 0.3 is 0 Å². The van der Waals surface area contributed by atoms with Gasteiger partial charge in [-0.1, -0.05) is 0 Å². The predicted octanol–water partition coefficient (Wildman–Crippen LogP) is 3.96. The van der Waals surface area contributed by atoms with E-state index in [1.54, 1.807) is 6.92 Å². The molecule has 0 fully saturated rings. The second-order valence-corrected chi connectivity index (χ2v) is 4.33. The molecule has 3 rings (SSSR count). The zero-order chi connectivity index (χ0) is 13.6. The molecular formula is C14H9F3N2. The van der Waals surface area contributed by atoms with Gasteiger partial charge in [0.1, 0.15) is 23.3 Å². The predicted molar refractivity (Wildman–Crippen MR) is 66.1 cm³/mol. The van der Waals surface area contributed by atoms with Crippen LogP contribution in [0.25, 0.3) is 22.4 Å². The summed E-state index contributed by atoms with van der Waals surface area (Å²) in [6.07, 6.45) is 0. The average molecular weight is 262 g/mol. The van der Waals surface area contributed by atoms with Gasteiger partial charge in [0.25, 0.3) is 0 Å². The Hall–Kier alpha value is -2.30. The quantitative estimate of drug-likeness (QED) is 0.706. The molecule has 0 amide bonds. The smallest absolute Gasteiger partial charge is 0.141 e. The lowest BCUT2D eigenvalue weighted by atomic mass is 10.1. The van der Waals surface area contributed by atoms with Crippen LogP contribution < -0.4 is 0 Å². The number of aryl methyl sites for hydroxylation is 1. The summed E-state index contributed by atoms with van der Waals surface area (Å²) in [6, 6.07) is 6.25. The fraction of sp³-hybridized carbons (Fsp3) is 0.0714. The normalized spacial score (nSPS) is 11.2. The van der Waals surface area contributed by atoms with E-state index in [4.69, 9.17) is 0 Å². The topological polar surface area (TPSA) is 28.7 Å². The van der Waals surface area contributed by atoms with E-state index in [-0.39, 0.29) is 11.4 Å². The molecule has 1 heterocycles. The molecule has 0 aliphatic carbocycles. The Morgan fingerprint density at radius 2 is 1.79 bits per heavy atom. The number of hydrogen-bond donors (Lipinski definition) is 1. The Kier molecular flexibility index (Phi) is 2.55. The highest BCUT2D eigenvalue weighted by Gasteiger charge is 2.13. The minimum absolute atomic E-state index is 0.163. The lowest BCUT2D eigenvalue weighted by molar-refractivity contribution is 0.579. The maximum Gasteiger partial charge on any atom is 0.141 e. The van der Waals surface area contributed by atoms with E-state index in [9.17, 15) is 13.2 Å². The van der Waals surface area contributed by atoms with Crippen LogP contribution in [0.5, 0.6) is 0 Å². The van der Waals surface area contributed by atoms with Crippen LogP contribution in [0.2, 0.25) is 0 Å². The summed E-state index contributed by atoms with van der Waals surface area (Å²) in [6.45, 7) is 1.54. The summed E-state index contributed by atoms with van der Waals surface area (Å²) in [4.78, 5) is 7.00. The van der Waals surface area contributed by atoms with E-state index in [1.807, 2.05) is 0 Å². The third-order valence-corrected chi connectivity index (χ3v) is 2.95. The molecule has 3 aromatic rings. The molecule has 0 unspecified atom stereocenters. The van der Waals surface area contributed by atoms with Gasteiger partial charge in [-0.05, 0) is 36.8 Å². The standard InChI is InChI=1S/C14H9F3N2/c1-7-4-9(11(17)6-10(7)16)14-18-12-3-2-8(15)5-13(12)19-14/h2-6H,1H3,(H,18,19). The molecule has 0 radical (unpaired) electrons. The zero-order valence-electron chi connectivity index (χ0n) is 9.97. The number of nitrogens with zero attached hydrogens (tertiary/aromatic N) is 1. The van der Waals surface area contributed by atoms with Crippen LogP contribution in [0.3, 0.4) is 0 Å². The van der Waals surface area contributed by atoms with Crippen LogP contribution in [-0.2, 0) is 0 Å². The maximum absolute atomic E-state index is 13.7. The van der Waals surface area contributed by atoms with Crippen LogP contribution in [0.4, 0.5) is 13.2 Å². The molecular weight excluding hydrogens is 253 g/mol. The van der Waals surface area contributed by atoms with E-state index >= 15 is 0 Å². The summed E-state index contributed by atoms with van der Waals surface area (Å²) in [5, 5.41) is 0. The largest absolute Gasteiger partial charge is 0.338 e. The monoisotopic (exact) mass is 262 g/mol. The van der Waals surface area contributed by atoms with Crippen molar-refractivity contribution in [2.45, 2.75) is 6.92 Å². The van der Waals surface area contributed by atoms with Crippen LogP contribution in [0, 0.1) is 24.4 Å². The van der Waals surface area contributed by atoms with Crippen molar-refractivity contribution >= 4 is 11.0 Å². The molecule has 0 bridgehead atoms. The van der Waals surface area contributed by atoms with Crippen molar-refractivity contribution in [3.8, 4) is 11.4 Å². The van der Waals surface area contributed by atoms with Crippen molar-refractivity contribution < 1.29 is 13.2 Å². The van der Waals surface area contributed by atoms with Gasteiger partial charge in [0.15, 0.2) is 0 Å². The van der Waals surface area contributed by atoms with Crippen molar-refractivity contribution in [3.63, 3.8) is 0 Å². The number of nitrogens with one attached hydrogen (secondary N) is 1. The Balaban J connectivity index is 2.21. The van der Waals surface area contributed by atoms with Gasteiger partial charge in [-0.2, -0.15) is 0 Å². The van der Waals surface area contributed by atoms with Crippen molar-refractivity contribution in [1.29, 1.82) is 0 Å². The fourth-order valence-corrected chi connectivity index (χ4v) is 1.95. The molecule has 0 aliphatic rings. The second kappa shape index (κ2) is 4.12. The van der Waals surface area contributed by atoms with Gasteiger partial charge in [0.2, 0.25) is 0 Å². The minimum atomic E-state index is -0.706. The number of fused-ring (bicyclic) bond motifs is 1. The second-order valence-electron chi connectivity index (χ2n) is 4.33. The number of aromatic nitrogens is 2. The van der Waals surface area contributed by atoms with Crippen LogP contribution in [0.1, 0.15) is 5.56 Å². The molecule has 2 aromatic carbocycles. The number of H-pyrrole nitrogens is 1. The molecule has 0 spiro atoms. The molecule has 0 saturated carbocycles. The maximum atomic E-state index is 13.7. The fourth-order valence-electron chi connectivity index (χ4n) is 1.95. The highest BCUT2D eigenvalue weighted by Crippen LogP contribution is 2.25. The van der Waals surface area contributed by atoms with E-state index in [1.165, 1.54) is 24.3 Å². The number of rotatable bonds is 1. The summed E-state index contributed by atoms with van der Waals surface area (Å²) in [7, 11) is 0. The van der Waals surface area contributed by atoms with Crippen molar-refractivity contribution in [3.05, 3.63) is 53.3 Å². The first-order chi connectivity index (χ1) is 9.04. The molecule has 0 atom stereocenters. The third kappa shape index (κ3) is 1.97. The molecule has 2 nitrogen and oxygen atoms in total. The molecule has 0 aliphatic heterocycles. The highest BCUT2D eigenvalue weighted by atomic mass is 19.1. The van der Waals surface area contributed by atoms with Gasteiger partial charge in [-0.15, -0.1) is 0 Å². The van der Waals surface area contributed by atoms with E-state index < -0.39 is 17.5 Å². The van der Waals surface area contributed by atoms with E-state index in [0.717, 1.165) is 6.07 Å². The minimum Gasteiger partial charge on any atom is -0.338 e. The summed E-state index contributed by atoms with van der Waals surface area (Å²) >= 11 is 0. The molecule has 96 valence electrons. The Bertz CT molecular complexity index is 778. The average Bonchev–Trinajstić information content (AvgIpc) is 2.76. The van der Waals surface area contributed by atoms with E-state index in [0.29, 0.717) is 16.6 Å². The summed E-state index contributed by atoms with van der Waals surface area (Å²) < 4.78 is 40.0. The van der Waals surface area contributed by atoms with Crippen LogP contribution in [0.15, 0.2) is 30.3 Å². The first-order valence-corrected chi connectivity index (χ1v) is 5.66. The molecule has 19 heavy (non-hydrogen) atoms. The number of benzene rings is 2. The van der Waals surface area contributed by atoms with Crippen molar-refractivity contribution in [2.24, 2.45) is 0 Å². The SMILES string of the molecule is Cc1cc(-c2nc3ccc(F)cc3[nH]2)c(F)cc1F. The highest BCUT2D eigenvalue weighted by molar-refractivity contribution is 5.79. The molecule has 0 saturated heterocycles. The van der Waals surface area contributed by atoms with Gasteiger partial charge < -0.3 is 4.98 Å². The Labute approximate surface area is 106 Å².